The summed E-state index contributed by atoms with van der Waals surface area (Å²) in [5.74, 6) is -0.320. The van der Waals surface area contributed by atoms with Gasteiger partial charge in [0, 0.05) is 19.2 Å². The predicted molar refractivity (Wildman–Crippen MR) is 68.8 cm³/mol. The van der Waals surface area contributed by atoms with Crippen LogP contribution < -0.4 is 5.32 Å². The molecule has 0 spiro atoms. The molecule has 0 unspecified atom stereocenters. The van der Waals surface area contributed by atoms with E-state index in [1.165, 1.54) is 12.1 Å². The third kappa shape index (κ3) is 4.08. The number of nitrogens with one attached hydrogen (secondary N) is 1. The molecule has 0 aliphatic carbocycles. The highest BCUT2D eigenvalue weighted by molar-refractivity contribution is 7.17. The van der Waals surface area contributed by atoms with E-state index < -0.39 is 4.92 Å². The molecule has 1 amide bonds. The van der Waals surface area contributed by atoms with Gasteiger partial charge in [-0.25, -0.2) is 0 Å². The zero-order valence-electron chi connectivity index (χ0n) is 10.3. The lowest BCUT2D eigenvalue weighted by Gasteiger charge is -2.23. The molecular weight excluding hydrogens is 256 g/mol. The highest BCUT2D eigenvalue weighted by Gasteiger charge is 2.20. The van der Waals surface area contributed by atoms with Crippen LogP contribution in [0, 0.1) is 15.5 Å². The zero-order chi connectivity index (χ0) is 13.8. The second kappa shape index (κ2) is 5.92. The van der Waals surface area contributed by atoms with Crippen molar-refractivity contribution in [1.82, 2.24) is 5.32 Å². The smallest absolute Gasteiger partial charge is 0.324 e. The Labute approximate surface area is 109 Å². The van der Waals surface area contributed by atoms with Gasteiger partial charge in [-0.05, 0) is 17.9 Å². The Hall–Kier alpha value is -1.47. The van der Waals surface area contributed by atoms with E-state index in [-0.39, 0.29) is 22.9 Å². The Kier molecular flexibility index (Phi) is 4.80. The van der Waals surface area contributed by atoms with Gasteiger partial charge in [0.2, 0.25) is 0 Å². The van der Waals surface area contributed by atoms with Gasteiger partial charge < -0.3 is 10.4 Å². The van der Waals surface area contributed by atoms with Gasteiger partial charge in [-0.2, -0.15) is 0 Å². The number of carbonyl (C=O) groups excluding carboxylic acids is 1. The van der Waals surface area contributed by atoms with Crippen molar-refractivity contribution in [1.29, 1.82) is 0 Å². The minimum absolute atomic E-state index is 0.0465. The van der Waals surface area contributed by atoms with Crippen LogP contribution in [0.25, 0.3) is 0 Å². The number of rotatable bonds is 6. The van der Waals surface area contributed by atoms with Crippen molar-refractivity contribution in [2.75, 3.05) is 13.2 Å². The lowest BCUT2D eigenvalue weighted by Crippen LogP contribution is -2.34. The van der Waals surface area contributed by atoms with Crippen LogP contribution in [0.1, 0.15) is 29.9 Å². The maximum absolute atomic E-state index is 11.7. The van der Waals surface area contributed by atoms with Crippen molar-refractivity contribution in [2.24, 2.45) is 5.41 Å². The predicted octanol–water partition coefficient (Wildman–Crippen LogP) is 1.79. The van der Waals surface area contributed by atoms with E-state index in [1.54, 1.807) is 0 Å². The fraction of sp³-hybridized carbons (Fsp3) is 0.545. The first-order chi connectivity index (χ1) is 8.35. The van der Waals surface area contributed by atoms with Gasteiger partial charge in [0.25, 0.3) is 5.91 Å². The summed E-state index contributed by atoms with van der Waals surface area (Å²) in [6.45, 7) is 4.34. The highest BCUT2D eigenvalue weighted by Crippen LogP contribution is 2.24. The van der Waals surface area contributed by atoms with Crippen LogP contribution in [-0.4, -0.2) is 29.1 Å². The van der Waals surface area contributed by atoms with E-state index in [2.05, 4.69) is 5.32 Å². The lowest BCUT2D eigenvalue weighted by atomic mass is 9.90. The molecule has 1 aromatic rings. The molecule has 100 valence electrons. The number of hydrogen-bond donors (Lipinski definition) is 2. The second-order valence-electron chi connectivity index (χ2n) is 4.72. The van der Waals surface area contributed by atoms with Crippen LogP contribution in [0.2, 0.25) is 0 Å². The van der Waals surface area contributed by atoms with Crippen molar-refractivity contribution >= 4 is 22.2 Å². The molecule has 0 aliphatic heterocycles. The average Bonchev–Trinajstić information content (AvgIpc) is 2.75. The molecule has 0 saturated carbocycles. The molecule has 18 heavy (non-hydrogen) atoms. The van der Waals surface area contributed by atoms with Gasteiger partial charge in [-0.15, -0.1) is 0 Å². The van der Waals surface area contributed by atoms with Crippen LogP contribution >= 0.6 is 11.3 Å². The number of hydrogen-bond acceptors (Lipinski definition) is 5. The standard InChI is InChI=1S/C11H16N2O4S/c1-11(2,5-6-14)7-12-10(15)8-3-4-9(18-8)13(16)17/h3-4,14H,5-7H2,1-2H3,(H,12,15). The summed E-state index contributed by atoms with van der Waals surface area (Å²) in [5.41, 5.74) is -0.201. The van der Waals surface area contributed by atoms with E-state index in [4.69, 9.17) is 5.11 Å². The monoisotopic (exact) mass is 272 g/mol. The van der Waals surface area contributed by atoms with Gasteiger partial charge >= 0.3 is 5.00 Å². The summed E-state index contributed by atoms with van der Waals surface area (Å²) in [5, 5.41) is 22.0. The van der Waals surface area contributed by atoms with Crippen LogP contribution in [-0.2, 0) is 0 Å². The molecule has 0 aliphatic rings. The molecule has 0 atom stereocenters. The molecule has 1 rings (SSSR count). The third-order valence-electron chi connectivity index (χ3n) is 2.51. The lowest BCUT2D eigenvalue weighted by molar-refractivity contribution is -0.380. The first kappa shape index (κ1) is 14.6. The number of nitro groups is 1. The van der Waals surface area contributed by atoms with Crippen molar-refractivity contribution in [3.05, 3.63) is 27.1 Å². The summed E-state index contributed by atoms with van der Waals surface area (Å²) in [7, 11) is 0. The molecule has 0 bridgehead atoms. The molecule has 0 radical (unpaired) electrons. The van der Waals surface area contributed by atoms with Crippen LogP contribution in [0.3, 0.4) is 0 Å². The minimum Gasteiger partial charge on any atom is -0.396 e. The van der Waals surface area contributed by atoms with Gasteiger partial charge in [0.1, 0.15) is 0 Å². The van der Waals surface area contributed by atoms with Gasteiger partial charge in [0.05, 0.1) is 9.80 Å². The van der Waals surface area contributed by atoms with Crippen molar-refractivity contribution < 1.29 is 14.8 Å². The van der Waals surface area contributed by atoms with Crippen LogP contribution in [0.5, 0.6) is 0 Å². The molecule has 7 heteroatoms. The van der Waals surface area contributed by atoms with E-state index in [0.29, 0.717) is 17.8 Å². The summed E-state index contributed by atoms with van der Waals surface area (Å²) in [4.78, 5) is 22.0. The third-order valence-corrected chi connectivity index (χ3v) is 3.55. The zero-order valence-corrected chi connectivity index (χ0v) is 11.1. The largest absolute Gasteiger partial charge is 0.396 e. The Bertz CT molecular complexity index is 442. The average molecular weight is 272 g/mol. The molecule has 2 N–H and O–H groups in total. The molecule has 1 aromatic heterocycles. The van der Waals surface area contributed by atoms with Crippen LogP contribution in [0.15, 0.2) is 12.1 Å². The van der Waals surface area contributed by atoms with Crippen molar-refractivity contribution in [3.63, 3.8) is 0 Å². The molecule has 1 heterocycles. The number of thiophene rings is 1. The maximum atomic E-state index is 11.7. The first-order valence-electron chi connectivity index (χ1n) is 5.49. The molecule has 0 saturated heterocycles. The summed E-state index contributed by atoms with van der Waals surface area (Å²) in [6.07, 6.45) is 0.581. The number of aliphatic hydroxyl groups excluding tert-OH is 1. The number of amides is 1. The van der Waals surface area contributed by atoms with Gasteiger partial charge in [-0.1, -0.05) is 25.2 Å². The van der Waals surface area contributed by atoms with Crippen molar-refractivity contribution in [3.8, 4) is 0 Å². The summed E-state index contributed by atoms with van der Waals surface area (Å²) < 4.78 is 0. The molecule has 6 nitrogen and oxygen atoms in total. The Morgan fingerprint density at radius 3 is 2.72 bits per heavy atom. The Balaban J connectivity index is 2.57. The second-order valence-corrected chi connectivity index (χ2v) is 5.78. The van der Waals surface area contributed by atoms with E-state index in [9.17, 15) is 14.9 Å². The molecular formula is C11H16N2O4S. The fourth-order valence-corrected chi connectivity index (χ4v) is 2.08. The Morgan fingerprint density at radius 1 is 1.56 bits per heavy atom. The van der Waals surface area contributed by atoms with Crippen LogP contribution in [0.4, 0.5) is 5.00 Å². The number of aliphatic hydroxyl groups is 1. The minimum atomic E-state index is -0.517. The maximum Gasteiger partial charge on any atom is 0.324 e. The van der Waals surface area contributed by atoms with Crippen molar-refractivity contribution in [2.45, 2.75) is 20.3 Å². The normalized spacial score (nSPS) is 11.3. The number of nitrogens with zero attached hydrogens (tertiary/aromatic N) is 1. The van der Waals surface area contributed by atoms with Gasteiger partial charge in [0.15, 0.2) is 0 Å². The van der Waals surface area contributed by atoms with E-state index in [0.717, 1.165) is 11.3 Å². The number of carbonyl (C=O) groups is 1. The van der Waals surface area contributed by atoms with Gasteiger partial charge in [-0.3, -0.25) is 14.9 Å². The highest BCUT2D eigenvalue weighted by atomic mass is 32.1. The summed E-state index contributed by atoms with van der Waals surface area (Å²) >= 11 is 0.853. The van der Waals surface area contributed by atoms with E-state index in [1.807, 2.05) is 13.8 Å². The van der Waals surface area contributed by atoms with E-state index >= 15 is 0 Å². The SMILES string of the molecule is CC(C)(CCO)CNC(=O)c1ccc([N+](=O)[O-])s1. The molecule has 0 fully saturated rings. The first-order valence-corrected chi connectivity index (χ1v) is 6.31. The fourth-order valence-electron chi connectivity index (χ4n) is 1.35. The summed E-state index contributed by atoms with van der Waals surface area (Å²) in [6, 6.07) is 2.76. The molecule has 0 aromatic carbocycles. The Morgan fingerprint density at radius 2 is 2.22 bits per heavy atom. The topological polar surface area (TPSA) is 92.5 Å². The quantitative estimate of drug-likeness (QED) is 0.610.